The molecule has 3 aromatic carbocycles. The van der Waals surface area contributed by atoms with Crippen LogP contribution < -0.4 is 10.2 Å². The Kier molecular flexibility index (Phi) is 6.37. The number of carbonyl (C=O) groups excluding carboxylic acids is 2. The van der Waals surface area contributed by atoms with E-state index in [0.717, 1.165) is 16.8 Å². The molecule has 162 valence electrons. The number of benzodiazepines with no additional fused rings is 1. The van der Waals surface area contributed by atoms with Crippen molar-refractivity contribution in [3.8, 4) is 0 Å². The second-order valence-electron chi connectivity index (χ2n) is 7.67. The Morgan fingerprint density at radius 1 is 1.06 bits per heavy atom. The van der Waals surface area contributed by atoms with Crippen LogP contribution >= 0.6 is 11.6 Å². The van der Waals surface area contributed by atoms with Crippen LogP contribution in [0.2, 0.25) is 5.02 Å². The van der Waals surface area contributed by atoms with Crippen molar-refractivity contribution in [2.24, 2.45) is 4.99 Å². The van der Waals surface area contributed by atoms with Gasteiger partial charge in [-0.05, 0) is 37.6 Å². The molecular formula is C26H24ClN3O2. The van der Waals surface area contributed by atoms with E-state index in [1.54, 1.807) is 36.1 Å². The number of fused-ring (bicyclic) bond motifs is 1. The normalized spacial score (nSPS) is 16.6. The molecule has 0 aromatic heterocycles. The molecule has 6 heteroatoms. The van der Waals surface area contributed by atoms with Gasteiger partial charge in [0.2, 0.25) is 5.91 Å². The van der Waals surface area contributed by atoms with Crippen molar-refractivity contribution in [3.63, 3.8) is 0 Å². The van der Waals surface area contributed by atoms with Gasteiger partial charge in [0.15, 0.2) is 0 Å². The average molecular weight is 446 g/mol. The number of rotatable bonds is 5. The molecule has 1 heterocycles. The average Bonchev–Trinajstić information content (AvgIpc) is 2.91. The zero-order valence-corrected chi connectivity index (χ0v) is 18.7. The first kappa shape index (κ1) is 21.8. The Morgan fingerprint density at radius 3 is 2.50 bits per heavy atom. The van der Waals surface area contributed by atoms with Gasteiger partial charge in [-0.15, -0.1) is 0 Å². The van der Waals surface area contributed by atoms with Gasteiger partial charge in [0.1, 0.15) is 12.1 Å². The lowest BCUT2D eigenvalue weighted by molar-refractivity contribution is -0.124. The number of para-hydroxylation sites is 1. The maximum atomic E-state index is 13.5. The molecule has 0 radical (unpaired) electrons. The SMILES string of the molecule is CC[C@H](C(=O)Nc1cccc(Cl)c1)N1C(=O)[C@@H](C)N=C(c2ccccc2)c2ccccc21. The van der Waals surface area contributed by atoms with E-state index in [-0.39, 0.29) is 11.8 Å². The van der Waals surface area contributed by atoms with E-state index in [1.165, 1.54) is 0 Å². The van der Waals surface area contributed by atoms with Crippen molar-refractivity contribution in [2.45, 2.75) is 32.4 Å². The molecule has 0 spiro atoms. The molecule has 0 saturated carbocycles. The van der Waals surface area contributed by atoms with Crippen LogP contribution in [0.1, 0.15) is 31.4 Å². The second-order valence-corrected chi connectivity index (χ2v) is 8.11. The topological polar surface area (TPSA) is 61.8 Å². The molecule has 5 nitrogen and oxygen atoms in total. The van der Waals surface area contributed by atoms with E-state index in [0.29, 0.717) is 22.8 Å². The van der Waals surface area contributed by atoms with Crippen LogP contribution in [0.5, 0.6) is 0 Å². The van der Waals surface area contributed by atoms with E-state index in [2.05, 4.69) is 5.32 Å². The van der Waals surface area contributed by atoms with Crippen LogP contribution in [0.25, 0.3) is 0 Å². The summed E-state index contributed by atoms with van der Waals surface area (Å²) in [7, 11) is 0. The summed E-state index contributed by atoms with van der Waals surface area (Å²) >= 11 is 6.06. The van der Waals surface area contributed by atoms with Crippen LogP contribution in [-0.4, -0.2) is 29.6 Å². The number of amides is 2. The molecule has 0 unspecified atom stereocenters. The minimum absolute atomic E-state index is 0.212. The van der Waals surface area contributed by atoms with Gasteiger partial charge in [0, 0.05) is 21.8 Å². The fourth-order valence-electron chi connectivity index (χ4n) is 3.95. The number of nitrogens with zero attached hydrogens (tertiary/aromatic N) is 2. The van der Waals surface area contributed by atoms with Gasteiger partial charge in [-0.1, -0.05) is 73.1 Å². The molecular weight excluding hydrogens is 422 g/mol. The number of anilines is 2. The zero-order valence-electron chi connectivity index (χ0n) is 18.0. The highest BCUT2D eigenvalue weighted by atomic mass is 35.5. The van der Waals surface area contributed by atoms with Crippen molar-refractivity contribution >= 4 is 40.5 Å². The molecule has 0 fully saturated rings. The van der Waals surface area contributed by atoms with Crippen LogP contribution in [0.4, 0.5) is 11.4 Å². The first-order valence-corrected chi connectivity index (χ1v) is 11.0. The summed E-state index contributed by atoms with van der Waals surface area (Å²) in [6, 6.07) is 23.0. The van der Waals surface area contributed by atoms with Crippen LogP contribution in [0, 0.1) is 0 Å². The summed E-state index contributed by atoms with van der Waals surface area (Å²) in [4.78, 5) is 33.2. The fourth-order valence-corrected chi connectivity index (χ4v) is 4.14. The third kappa shape index (κ3) is 4.30. The first-order chi connectivity index (χ1) is 15.5. The van der Waals surface area contributed by atoms with Crippen molar-refractivity contribution in [1.29, 1.82) is 0 Å². The standard InChI is InChI=1S/C26H24ClN3O2/c1-3-22(25(31)29-20-13-9-12-19(27)16-20)30-23-15-8-7-14-21(23)24(28-17(2)26(30)32)18-10-5-4-6-11-18/h4-17,22H,3H2,1-2H3,(H,29,31)/t17-,22-/m1/s1. The monoisotopic (exact) mass is 445 g/mol. The molecule has 2 atom stereocenters. The largest absolute Gasteiger partial charge is 0.324 e. The van der Waals surface area contributed by atoms with E-state index >= 15 is 0 Å². The van der Waals surface area contributed by atoms with Gasteiger partial charge in [-0.25, -0.2) is 0 Å². The number of hydrogen-bond acceptors (Lipinski definition) is 3. The van der Waals surface area contributed by atoms with Gasteiger partial charge in [-0.2, -0.15) is 0 Å². The smallest absolute Gasteiger partial charge is 0.252 e. The van der Waals surface area contributed by atoms with Crippen molar-refractivity contribution < 1.29 is 9.59 Å². The molecule has 0 bridgehead atoms. The third-order valence-corrected chi connectivity index (χ3v) is 5.71. The van der Waals surface area contributed by atoms with Crippen LogP contribution in [0.15, 0.2) is 83.9 Å². The van der Waals surface area contributed by atoms with Gasteiger partial charge in [-0.3, -0.25) is 19.5 Å². The first-order valence-electron chi connectivity index (χ1n) is 10.6. The maximum Gasteiger partial charge on any atom is 0.252 e. The van der Waals surface area contributed by atoms with E-state index < -0.39 is 12.1 Å². The lowest BCUT2D eigenvalue weighted by Crippen LogP contribution is -2.50. The highest BCUT2D eigenvalue weighted by Crippen LogP contribution is 2.31. The summed E-state index contributed by atoms with van der Waals surface area (Å²) in [5.41, 5.74) is 3.77. The van der Waals surface area contributed by atoms with Crippen molar-refractivity contribution in [1.82, 2.24) is 0 Å². The number of benzene rings is 3. The predicted molar refractivity (Wildman–Crippen MR) is 130 cm³/mol. The second kappa shape index (κ2) is 9.37. The Balaban J connectivity index is 1.77. The van der Waals surface area contributed by atoms with E-state index in [9.17, 15) is 9.59 Å². The number of carbonyl (C=O) groups is 2. The van der Waals surface area contributed by atoms with E-state index in [4.69, 9.17) is 16.6 Å². The maximum absolute atomic E-state index is 13.5. The molecule has 4 rings (SSSR count). The zero-order chi connectivity index (χ0) is 22.7. The summed E-state index contributed by atoms with van der Waals surface area (Å²) < 4.78 is 0. The van der Waals surface area contributed by atoms with Crippen LogP contribution in [-0.2, 0) is 9.59 Å². The van der Waals surface area contributed by atoms with Crippen molar-refractivity contribution in [3.05, 3.63) is 95.0 Å². The number of halogens is 1. The quantitative estimate of drug-likeness (QED) is 0.577. The molecule has 1 aliphatic heterocycles. The van der Waals surface area contributed by atoms with Gasteiger partial charge in [0.25, 0.3) is 5.91 Å². The van der Waals surface area contributed by atoms with Crippen LogP contribution in [0.3, 0.4) is 0 Å². The van der Waals surface area contributed by atoms with E-state index in [1.807, 2.05) is 61.5 Å². The predicted octanol–water partition coefficient (Wildman–Crippen LogP) is 5.33. The molecule has 1 N–H and O–H groups in total. The summed E-state index contributed by atoms with van der Waals surface area (Å²) in [6.45, 7) is 3.67. The fraction of sp³-hybridized carbons (Fsp3) is 0.192. The molecule has 0 aliphatic carbocycles. The molecule has 32 heavy (non-hydrogen) atoms. The number of aliphatic imine (C=N–C) groups is 1. The Hall–Kier alpha value is -3.44. The lowest BCUT2D eigenvalue weighted by atomic mass is 9.99. The highest BCUT2D eigenvalue weighted by molar-refractivity contribution is 6.31. The molecule has 0 saturated heterocycles. The number of nitrogens with one attached hydrogen (secondary N) is 1. The highest BCUT2D eigenvalue weighted by Gasteiger charge is 2.36. The minimum Gasteiger partial charge on any atom is -0.324 e. The summed E-state index contributed by atoms with van der Waals surface area (Å²) in [6.07, 6.45) is 0.444. The summed E-state index contributed by atoms with van der Waals surface area (Å²) in [5.74, 6) is -0.482. The minimum atomic E-state index is -0.699. The molecule has 2 amide bonds. The van der Waals surface area contributed by atoms with Gasteiger partial charge >= 0.3 is 0 Å². The number of hydrogen-bond donors (Lipinski definition) is 1. The van der Waals surface area contributed by atoms with Gasteiger partial charge in [0.05, 0.1) is 11.4 Å². The molecule has 1 aliphatic rings. The Labute approximate surface area is 192 Å². The Bertz CT molecular complexity index is 1180. The Morgan fingerprint density at radius 2 is 1.78 bits per heavy atom. The lowest BCUT2D eigenvalue weighted by Gasteiger charge is -2.31. The molecule has 3 aromatic rings. The summed E-state index contributed by atoms with van der Waals surface area (Å²) in [5, 5.41) is 3.44. The van der Waals surface area contributed by atoms with Crippen molar-refractivity contribution in [2.75, 3.05) is 10.2 Å². The third-order valence-electron chi connectivity index (χ3n) is 5.48. The van der Waals surface area contributed by atoms with Gasteiger partial charge < -0.3 is 5.32 Å².